The third-order valence-corrected chi connectivity index (χ3v) is 2.73. The highest BCUT2D eigenvalue weighted by molar-refractivity contribution is 5.93. The van der Waals surface area contributed by atoms with Gasteiger partial charge in [-0.25, -0.2) is 0 Å². The van der Waals surface area contributed by atoms with Crippen LogP contribution in [0, 0.1) is 0 Å². The van der Waals surface area contributed by atoms with Crippen LogP contribution in [0.2, 0.25) is 0 Å². The standard InChI is InChI=1S/C13H22N2O2/c1-9(2)13(10(3)16)15-11(4)14-12-5-7-17-8-6-12/h12,14-15H,4-8H2,1-3H3. The molecule has 0 atom stereocenters. The Morgan fingerprint density at radius 1 is 1.24 bits per heavy atom. The van der Waals surface area contributed by atoms with Gasteiger partial charge in [-0.1, -0.05) is 6.58 Å². The van der Waals surface area contributed by atoms with Crippen molar-refractivity contribution in [2.24, 2.45) is 0 Å². The van der Waals surface area contributed by atoms with Crippen molar-refractivity contribution in [3.8, 4) is 0 Å². The zero-order valence-corrected chi connectivity index (χ0v) is 10.9. The fourth-order valence-electron chi connectivity index (χ4n) is 1.84. The minimum absolute atomic E-state index is 0.0277. The summed E-state index contributed by atoms with van der Waals surface area (Å²) < 4.78 is 5.29. The molecular weight excluding hydrogens is 216 g/mol. The molecule has 0 aromatic heterocycles. The number of nitrogens with one attached hydrogen (secondary N) is 2. The highest BCUT2D eigenvalue weighted by Gasteiger charge is 2.14. The lowest BCUT2D eigenvalue weighted by Gasteiger charge is -2.26. The Balaban J connectivity index is 2.48. The predicted molar refractivity (Wildman–Crippen MR) is 68.3 cm³/mol. The summed E-state index contributed by atoms with van der Waals surface area (Å²) in [5.41, 5.74) is 1.59. The molecule has 1 aliphatic rings. The monoisotopic (exact) mass is 238 g/mol. The van der Waals surface area contributed by atoms with Gasteiger partial charge < -0.3 is 15.4 Å². The molecule has 0 spiro atoms. The first-order chi connectivity index (χ1) is 8.00. The van der Waals surface area contributed by atoms with Crippen LogP contribution in [0.25, 0.3) is 0 Å². The summed E-state index contributed by atoms with van der Waals surface area (Å²) >= 11 is 0. The van der Waals surface area contributed by atoms with Crippen LogP contribution in [0.15, 0.2) is 23.7 Å². The maximum atomic E-state index is 11.4. The average molecular weight is 238 g/mol. The van der Waals surface area contributed by atoms with E-state index in [-0.39, 0.29) is 5.78 Å². The van der Waals surface area contributed by atoms with Crippen molar-refractivity contribution >= 4 is 5.78 Å². The molecule has 1 rings (SSSR count). The van der Waals surface area contributed by atoms with Crippen molar-refractivity contribution in [2.45, 2.75) is 39.7 Å². The van der Waals surface area contributed by atoms with Crippen molar-refractivity contribution in [3.05, 3.63) is 23.7 Å². The SMILES string of the molecule is C=C(NC(C(C)=O)=C(C)C)NC1CCOCC1. The van der Waals surface area contributed by atoms with E-state index in [1.807, 2.05) is 13.8 Å². The third kappa shape index (κ3) is 4.61. The van der Waals surface area contributed by atoms with E-state index in [1.165, 1.54) is 0 Å². The number of carbonyl (C=O) groups excluding carboxylic acids is 1. The molecule has 17 heavy (non-hydrogen) atoms. The van der Waals surface area contributed by atoms with Crippen molar-refractivity contribution in [2.75, 3.05) is 13.2 Å². The van der Waals surface area contributed by atoms with Crippen LogP contribution in [-0.4, -0.2) is 25.0 Å². The minimum atomic E-state index is 0.0277. The Morgan fingerprint density at radius 3 is 2.29 bits per heavy atom. The molecule has 0 aromatic rings. The Bertz CT molecular complexity index is 324. The van der Waals surface area contributed by atoms with Crippen molar-refractivity contribution in [1.82, 2.24) is 10.6 Å². The summed E-state index contributed by atoms with van der Waals surface area (Å²) in [7, 11) is 0. The summed E-state index contributed by atoms with van der Waals surface area (Å²) in [5, 5.41) is 6.33. The second-order valence-corrected chi connectivity index (χ2v) is 4.57. The lowest BCUT2D eigenvalue weighted by atomic mass is 10.1. The normalized spacial score (nSPS) is 16.2. The Labute approximate surface area is 103 Å². The van der Waals surface area contributed by atoms with Crippen LogP contribution in [0.4, 0.5) is 0 Å². The lowest BCUT2D eigenvalue weighted by Crippen LogP contribution is -2.38. The molecule has 0 bridgehead atoms. The molecule has 4 heteroatoms. The smallest absolute Gasteiger partial charge is 0.175 e. The number of ether oxygens (including phenoxy) is 1. The van der Waals surface area contributed by atoms with Crippen LogP contribution in [0.3, 0.4) is 0 Å². The van der Waals surface area contributed by atoms with Crippen LogP contribution in [0.5, 0.6) is 0 Å². The van der Waals surface area contributed by atoms with E-state index in [2.05, 4.69) is 17.2 Å². The van der Waals surface area contributed by atoms with E-state index < -0.39 is 0 Å². The first-order valence-corrected chi connectivity index (χ1v) is 5.99. The highest BCUT2D eigenvalue weighted by atomic mass is 16.5. The molecule has 0 saturated carbocycles. The average Bonchev–Trinajstić information content (AvgIpc) is 2.26. The van der Waals surface area contributed by atoms with E-state index in [9.17, 15) is 4.79 Å². The molecule has 0 aromatic carbocycles. The van der Waals surface area contributed by atoms with Crippen LogP contribution < -0.4 is 10.6 Å². The molecule has 0 unspecified atom stereocenters. The minimum Gasteiger partial charge on any atom is -0.381 e. The number of ketones is 1. The Morgan fingerprint density at radius 2 is 1.82 bits per heavy atom. The summed E-state index contributed by atoms with van der Waals surface area (Å²) in [6.07, 6.45) is 1.95. The predicted octanol–water partition coefficient (Wildman–Crippen LogP) is 1.70. The fraction of sp³-hybridized carbons (Fsp3) is 0.615. The maximum absolute atomic E-state index is 11.4. The zero-order chi connectivity index (χ0) is 12.8. The van der Waals surface area contributed by atoms with Gasteiger partial charge in [-0.05, 0) is 32.3 Å². The van der Waals surface area contributed by atoms with Gasteiger partial charge in [0.15, 0.2) is 5.78 Å². The van der Waals surface area contributed by atoms with Crippen molar-refractivity contribution < 1.29 is 9.53 Å². The topological polar surface area (TPSA) is 50.4 Å². The first-order valence-electron chi connectivity index (χ1n) is 5.99. The fourth-order valence-corrected chi connectivity index (χ4v) is 1.84. The Hall–Kier alpha value is -1.29. The number of allylic oxidation sites excluding steroid dienone is 2. The van der Waals surface area contributed by atoms with Gasteiger partial charge in [0, 0.05) is 26.2 Å². The molecular formula is C13H22N2O2. The van der Waals surface area contributed by atoms with Crippen molar-refractivity contribution in [1.29, 1.82) is 0 Å². The maximum Gasteiger partial charge on any atom is 0.175 e. The van der Waals surface area contributed by atoms with Gasteiger partial charge >= 0.3 is 0 Å². The zero-order valence-electron chi connectivity index (χ0n) is 10.9. The van der Waals surface area contributed by atoms with E-state index >= 15 is 0 Å². The summed E-state index contributed by atoms with van der Waals surface area (Å²) in [6.45, 7) is 10.8. The Kier molecular flexibility index (Phi) is 5.22. The van der Waals surface area contributed by atoms with Crippen molar-refractivity contribution in [3.63, 3.8) is 0 Å². The largest absolute Gasteiger partial charge is 0.381 e. The number of hydrogen-bond donors (Lipinski definition) is 2. The van der Waals surface area contributed by atoms with E-state index in [0.29, 0.717) is 17.6 Å². The highest BCUT2D eigenvalue weighted by Crippen LogP contribution is 2.08. The summed E-state index contributed by atoms with van der Waals surface area (Å²) in [4.78, 5) is 11.4. The third-order valence-electron chi connectivity index (χ3n) is 2.73. The number of hydrogen-bond acceptors (Lipinski definition) is 4. The van der Waals surface area contributed by atoms with Gasteiger partial charge in [-0.3, -0.25) is 4.79 Å². The van der Waals surface area contributed by atoms with Gasteiger partial charge in [0.25, 0.3) is 0 Å². The molecule has 0 aliphatic carbocycles. The number of rotatable bonds is 5. The number of carbonyl (C=O) groups is 1. The van der Waals surface area contributed by atoms with E-state index in [0.717, 1.165) is 31.6 Å². The molecule has 96 valence electrons. The molecule has 4 nitrogen and oxygen atoms in total. The van der Waals surface area contributed by atoms with Gasteiger partial charge in [0.2, 0.25) is 0 Å². The molecule has 0 amide bonds. The van der Waals surface area contributed by atoms with E-state index in [4.69, 9.17) is 4.74 Å². The van der Waals surface area contributed by atoms with Gasteiger partial charge in [0.1, 0.15) is 0 Å². The summed E-state index contributed by atoms with van der Waals surface area (Å²) in [5.74, 6) is 0.711. The first kappa shape index (κ1) is 13.8. The van der Waals surface area contributed by atoms with Gasteiger partial charge in [-0.2, -0.15) is 0 Å². The van der Waals surface area contributed by atoms with E-state index in [1.54, 1.807) is 6.92 Å². The molecule has 1 heterocycles. The molecule has 1 aliphatic heterocycles. The lowest BCUT2D eigenvalue weighted by molar-refractivity contribution is -0.114. The van der Waals surface area contributed by atoms with Crippen LogP contribution in [-0.2, 0) is 9.53 Å². The van der Waals surface area contributed by atoms with Gasteiger partial charge in [0.05, 0.1) is 11.5 Å². The molecule has 2 N–H and O–H groups in total. The molecule has 0 radical (unpaired) electrons. The van der Waals surface area contributed by atoms with Gasteiger partial charge in [-0.15, -0.1) is 0 Å². The van der Waals surface area contributed by atoms with Crippen LogP contribution >= 0.6 is 0 Å². The second kappa shape index (κ2) is 6.45. The number of Topliss-reactive ketones (excluding diaryl/α,β-unsaturated/α-hetero) is 1. The summed E-state index contributed by atoms with van der Waals surface area (Å²) in [6, 6.07) is 0.383. The second-order valence-electron chi connectivity index (χ2n) is 4.57. The molecule has 1 saturated heterocycles. The van der Waals surface area contributed by atoms with Crippen LogP contribution in [0.1, 0.15) is 33.6 Å². The molecule has 1 fully saturated rings. The quantitative estimate of drug-likeness (QED) is 0.716.